The summed E-state index contributed by atoms with van der Waals surface area (Å²) in [5.41, 5.74) is 2.62. The molecule has 1 aromatic carbocycles. The van der Waals surface area contributed by atoms with Crippen LogP contribution in [0.2, 0.25) is 0 Å². The molecule has 3 aliphatic rings. The van der Waals surface area contributed by atoms with Crippen molar-refractivity contribution in [1.29, 1.82) is 0 Å². The fourth-order valence-electron chi connectivity index (χ4n) is 6.34. The maximum atomic E-state index is 13.3. The first-order valence-electron chi connectivity index (χ1n) is 13.5. The fourth-order valence-corrected chi connectivity index (χ4v) is 7.11. The van der Waals surface area contributed by atoms with Crippen LogP contribution in [-0.4, -0.2) is 76.1 Å². The standard InChI is InChI=1S/C29H30N6O3S/c1-16-14-35(15-17(2)38-16)18-7-10-34(11-8-18)29-31-22-6-4-3-5-20(22)25(32-29)24-23(26(36)33-27(24)37)21-13-30-28-19(21)9-12-39-28/h3-6,9,12-13,16-18,30H,7-8,10-11,14-15H2,1-2H3,(H,33,36,37). The molecule has 6 heterocycles. The van der Waals surface area contributed by atoms with Gasteiger partial charge in [0.05, 0.1) is 34.6 Å². The van der Waals surface area contributed by atoms with Crippen LogP contribution in [0.3, 0.4) is 0 Å². The van der Waals surface area contributed by atoms with Crippen LogP contribution >= 0.6 is 11.3 Å². The Labute approximate surface area is 229 Å². The maximum absolute atomic E-state index is 13.3. The lowest BCUT2D eigenvalue weighted by atomic mass is 9.97. The highest BCUT2D eigenvalue weighted by Crippen LogP contribution is 2.38. The van der Waals surface area contributed by atoms with E-state index in [-0.39, 0.29) is 12.2 Å². The molecule has 2 N–H and O–H groups in total. The fraction of sp³-hybridized carbons (Fsp3) is 0.379. The summed E-state index contributed by atoms with van der Waals surface area (Å²) >= 11 is 1.56. The summed E-state index contributed by atoms with van der Waals surface area (Å²) < 4.78 is 5.94. The highest BCUT2D eigenvalue weighted by molar-refractivity contribution is 7.16. The number of carbonyl (C=O) groups is 2. The number of amides is 2. The van der Waals surface area contributed by atoms with Gasteiger partial charge in [0.15, 0.2) is 0 Å². The van der Waals surface area contributed by atoms with E-state index in [0.29, 0.717) is 34.4 Å². The number of nitrogens with one attached hydrogen (secondary N) is 2. The summed E-state index contributed by atoms with van der Waals surface area (Å²) in [7, 11) is 0. The molecular weight excluding hydrogens is 512 g/mol. The number of aromatic amines is 1. The van der Waals surface area contributed by atoms with E-state index in [2.05, 4.69) is 33.9 Å². The summed E-state index contributed by atoms with van der Waals surface area (Å²) in [5.74, 6) is -0.232. The molecule has 2 amide bonds. The molecule has 4 aromatic rings. The second kappa shape index (κ2) is 9.55. The number of nitrogens with zero attached hydrogens (tertiary/aromatic N) is 4. The molecule has 0 spiro atoms. The highest BCUT2D eigenvalue weighted by Gasteiger charge is 2.36. The van der Waals surface area contributed by atoms with E-state index >= 15 is 0 Å². The van der Waals surface area contributed by atoms with Gasteiger partial charge in [0.2, 0.25) is 5.95 Å². The van der Waals surface area contributed by atoms with Crippen molar-refractivity contribution in [3.05, 3.63) is 53.2 Å². The quantitative estimate of drug-likeness (QED) is 0.378. The van der Waals surface area contributed by atoms with E-state index < -0.39 is 11.8 Å². The van der Waals surface area contributed by atoms with E-state index in [1.165, 1.54) is 0 Å². The molecule has 0 saturated carbocycles. The van der Waals surface area contributed by atoms with Gasteiger partial charge in [-0.15, -0.1) is 11.3 Å². The summed E-state index contributed by atoms with van der Waals surface area (Å²) in [5, 5.41) is 6.17. The van der Waals surface area contributed by atoms with Crippen molar-refractivity contribution in [3.63, 3.8) is 0 Å². The molecule has 2 unspecified atom stereocenters. The van der Waals surface area contributed by atoms with Crippen LogP contribution in [-0.2, 0) is 14.3 Å². The number of carbonyl (C=O) groups excluding carboxylic acids is 2. The van der Waals surface area contributed by atoms with Crippen molar-refractivity contribution in [2.45, 2.75) is 44.9 Å². The van der Waals surface area contributed by atoms with Crippen molar-refractivity contribution < 1.29 is 14.3 Å². The van der Waals surface area contributed by atoms with Gasteiger partial charge in [0, 0.05) is 54.8 Å². The summed E-state index contributed by atoms with van der Waals surface area (Å²) in [6, 6.07) is 10.2. The minimum absolute atomic E-state index is 0.247. The van der Waals surface area contributed by atoms with Gasteiger partial charge in [-0.1, -0.05) is 18.2 Å². The van der Waals surface area contributed by atoms with E-state index in [1.54, 1.807) is 17.5 Å². The maximum Gasteiger partial charge on any atom is 0.261 e. The van der Waals surface area contributed by atoms with Gasteiger partial charge in [0.25, 0.3) is 11.8 Å². The average Bonchev–Trinajstić information content (AvgIpc) is 3.62. The number of fused-ring (bicyclic) bond motifs is 2. The zero-order valence-electron chi connectivity index (χ0n) is 21.9. The van der Waals surface area contributed by atoms with Gasteiger partial charge in [-0.05, 0) is 44.2 Å². The molecule has 0 radical (unpaired) electrons. The van der Waals surface area contributed by atoms with Crippen molar-refractivity contribution in [2.24, 2.45) is 0 Å². The minimum atomic E-state index is -0.427. The number of hydrogen-bond donors (Lipinski definition) is 2. The Kier molecular flexibility index (Phi) is 5.98. The van der Waals surface area contributed by atoms with Gasteiger partial charge < -0.3 is 14.6 Å². The molecule has 9 nitrogen and oxygen atoms in total. The Morgan fingerprint density at radius 1 is 0.949 bits per heavy atom. The van der Waals surface area contributed by atoms with Gasteiger partial charge in [0.1, 0.15) is 4.83 Å². The number of piperidine rings is 1. The van der Waals surface area contributed by atoms with Crippen LogP contribution in [0.4, 0.5) is 5.95 Å². The second-order valence-corrected chi connectivity index (χ2v) is 11.6. The smallest absolute Gasteiger partial charge is 0.261 e. The molecule has 7 rings (SSSR count). The Bertz CT molecular complexity index is 1620. The third-order valence-corrected chi connectivity index (χ3v) is 8.89. The first-order chi connectivity index (χ1) is 19.0. The number of rotatable bonds is 4. The molecule has 2 saturated heterocycles. The topological polar surface area (TPSA) is 103 Å². The Balaban J connectivity index is 1.27. The van der Waals surface area contributed by atoms with E-state index in [1.807, 2.05) is 35.7 Å². The normalized spacial score (nSPS) is 23.4. The molecule has 0 aliphatic carbocycles. The Morgan fingerprint density at radius 3 is 2.49 bits per heavy atom. The number of anilines is 1. The number of H-pyrrole nitrogens is 1. The van der Waals surface area contributed by atoms with Crippen molar-refractivity contribution in [1.82, 2.24) is 25.2 Å². The summed E-state index contributed by atoms with van der Waals surface area (Å²) in [6.45, 7) is 7.86. The first kappa shape index (κ1) is 24.4. The predicted molar refractivity (Wildman–Crippen MR) is 152 cm³/mol. The van der Waals surface area contributed by atoms with Gasteiger partial charge in [-0.2, -0.15) is 0 Å². The van der Waals surface area contributed by atoms with E-state index in [0.717, 1.165) is 60.1 Å². The van der Waals surface area contributed by atoms with Crippen LogP contribution < -0.4 is 10.2 Å². The third kappa shape index (κ3) is 4.23. The highest BCUT2D eigenvalue weighted by atomic mass is 32.1. The van der Waals surface area contributed by atoms with Gasteiger partial charge in [-0.3, -0.25) is 19.8 Å². The zero-order chi connectivity index (χ0) is 26.7. The number of morpholine rings is 1. The van der Waals surface area contributed by atoms with Gasteiger partial charge in [-0.25, -0.2) is 9.97 Å². The lowest BCUT2D eigenvalue weighted by Gasteiger charge is -2.43. The largest absolute Gasteiger partial charge is 0.373 e. The molecule has 2 fully saturated rings. The molecule has 3 aliphatic heterocycles. The summed E-state index contributed by atoms with van der Waals surface area (Å²) in [6.07, 6.45) is 4.32. The number of aromatic nitrogens is 3. The van der Waals surface area contributed by atoms with Crippen LogP contribution in [0.1, 0.15) is 37.9 Å². The van der Waals surface area contributed by atoms with Gasteiger partial charge >= 0.3 is 0 Å². The van der Waals surface area contributed by atoms with Crippen LogP contribution in [0.25, 0.3) is 32.3 Å². The lowest BCUT2D eigenvalue weighted by Crippen LogP contribution is -2.53. The Hall–Kier alpha value is -3.60. The second-order valence-electron chi connectivity index (χ2n) is 10.7. The molecule has 39 heavy (non-hydrogen) atoms. The lowest BCUT2D eigenvalue weighted by molar-refractivity contribution is -0.122. The number of para-hydroxylation sites is 1. The number of hydrogen-bond acceptors (Lipinski definition) is 8. The monoisotopic (exact) mass is 542 g/mol. The van der Waals surface area contributed by atoms with E-state index in [9.17, 15) is 9.59 Å². The SMILES string of the molecule is CC1CN(C2CCN(c3nc(C4=C(c5c[nH]c6sccc56)C(=O)NC4=O)c4ccccc4n3)CC2)CC(C)O1. The number of ether oxygens (including phenoxy) is 1. The molecule has 10 heteroatoms. The minimum Gasteiger partial charge on any atom is -0.373 e. The van der Waals surface area contributed by atoms with Crippen LogP contribution in [0.5, 0.6) is 0 Å². The van der Waals surface area contributed by atoms with Crippen LogP contribution in [0, 0.1) is 0 Å². The number of benzene rings is 1. The van der Waals surface area contributed by atoms with E-state index in [4.69, 9.17) is 14.7 Å². The average molecular weight is 543 g/mol. The summed E-state index contributed by atoms with van der Waals surface area (Å²) in [4.78, 5) is 45.3. The predicted octanol–water partition coefficient (Wildman–Crippen LogP) is 3.82. The molecule has 2 atom stereocenters. The zero-order valence-corrected chi connectivity index (χ0v) is 22.8. The van der Waals surface area contributed by atoms with Crippen LogP contribution in [0.15, 0.2) is 41.9 Å². The third-order valence-electron chi connectivity index (χ3n) is 8.04. The van der Waals surface area contributed by atoms with Crippen molar-refractivity contribution in [3.8, 4) is 0 Å². The van der Waals surface area contributed by atoms with Crippen molar-refractivity contribution >= 4 is 61.4 Å². The first-order valence-corrected chi connectivity index (χ1v) is 14.4. The molecule has 3 aromatic heterocycles. The number of thiophene rings is 1. The molecule has 200 valence electrons. The molecular formula is C29H30N6O3S. The molecule has 0 bridgehead atoms. The number of imide groups is 1. The Morgan fingerprint density at radius 2 is 1.69 bits per heavy atom. The van der Waals surface area contributed by atoms with Crippen molar-refractivity contribution in [2.75, 3.05) is 31.1 Å².